The van der Waals surface area contributed by atoms with Crippen LogP contribution in [0.1, 0.15) is 19.8 Å². The van der Waals surface area contributed by atoms with Crippen LogP contribution in [0.5, 0.6) is 0 Å². The smallest absolute Gasteiger partial charge is 0.224 e. The third-order valence-corrected chi connectivity index (χ3v) is 1.96. The monoisotopic (exact) mass is 168 g/mol. The average molecular weight is 168 g/mol. The van der Waals surface area contributed by atoms with Crippen molar-refractivity contribution < 1.29 is 4.79 Å². The molecule has 0 aromatic heterocycles. The zero-order valence-corrected chi connectivity index (χ0v) is 7.47. The lowest BCUT2D eigenvalue weighted by Crippen LogP contribution is -2.35. The van der Waals surface area contributed by atoms with Crippen LogP contribution < -0.4 is 10.6 Å². The molecule has 1 aliphatic heterocycles. The molecule has 0 saturated carbocycles. The van der Waals surface area contributed by atoms with Gasteiger partial charge in [0.05, 0.1) is 0 Å². The molecule has 1 amide bonds. The summed E-state index contributed by atoms with van der Waals surface area (Å²) in [6.45, 7) is 3.86. The Balaban J connectivity index is 2.16. The molecule has 1 unspecified atom stereocenters. The summed E-state index contributed by atoms with van der Waals surface area (Å²) in [5.74, 6) is 0.127. The first kappa shape index (κ1) is 9.26. The van der Waals surface area contributed by atoms with Crippen molar-refractivity contribution in [3.05, 3.63) is 12.2 Å². The van der Waals surface area contributed by atoms with Gasteiger partial charge in [0.2, 0.25) is 5.91 Å². The van der Waals surface area contributed by atoms with Gasteiger partial charge in [-0.15, -0.1) is 0 Å². The minimum atomic E-state index is 0.127. The van der Waals surface area contributed by atoms with Gasteiger partial charge in [-0.2, -0.15) is 0 Å². The summed E-state index contributed by atoms with van der Waals surface area (Å²) in [6, 6.07) is 0.350. The van der Waals surface area contributed by atoms with Crippen LogP contribution in [0.25, 0.3) is 0 Å². The van der Waals surface area contributed by atoms with Crippen LogP contribution in [0.15, 0.2) is 12.2 Å². The van der Waals surface area contributed by atoms with Crippen molar-refractivity contribution >= 4 is 5.91 Å². The van der Waals surface area contributed by atoms with Crippen molar-refractivity contribution in [3.63, 3.8) is 0 Å². The van der Waals surface area contributed by atoms with Gasteiger partial charge in [-0.25, -0.2) is 0 Å². The molecule has 68 valence electrons. The predicted molar refractivity (Wildman–Crippen MR) is 48.8 cm³/mol. The molecule has 0 aromatic rings. The van der Waals surface area contributed by atoms with Crippen LogP contribution in [0.2, 0.25) is 0 Å². The SMILES string of the molecule is C/C=C/CC(=O)NC1CCNC1. The van der Waals surface area contributed by atoms with E-state index in [1.54, 1.807) is 0 Å². The third-order valence-electron chi connectivity index (χ3n) is 1.96. The van der Waals surface area contributed by atoms with Gasteiger partial charge >= 0.3 is 0 Å². The van der Waals surface area contributed by atoms with Crippen molar-refractivity contribution in [1.82, 2.24) is 10.6 Å². The highest BCUT2D eigenvalue weighted by molar-refractivity contribution is 5.77. The zero-order chi connectivity index (χ0) is 8.81. The van der Waals surface area contributed by atoms with Gasteiger partial charge in [0, 0.05) is 19.0 Å². The summed E-state index contributed by atoms with van der Waals surface area (Å²) in [6.07, 6.45) is 5.33. The van der Waals surface area contributed by atoms with E-state index >= 15 is 0 Å². The Morgan fingerprint density at radius 3 is 3.17 bits per heavy atom. The number of carbonyl (C=O) groups excluding carboxylic acids is 1. The van der Waals surface area contributed by atoms with E-state index < -0.39 is 0 Å². The molecule has 0 radical (unpaired) electrons. The summed E-state index contributed by atoms with van der Waals surface area (Å²) >= 11 is 0. The topological polar surface area (TPSA) is 41.1 Å². The second-order valence-corrected chi connectivity index (χ2v) is 3.03. The van der Waals surface area contributed by atoms with Crippen molar-refractivity contribution in [2.45, 2.75) is 25.8 Å². The van der Waals surface area contributed by atoms with Crippen LogP contribution in [-0.4, -0.2) is 25.0 Å². The Hall–Kier alpha value is -0.830. The maximum atomic E-state index is 11.2. The van der Waals surface area contributed by atoms with Crippen molar-refractivity contribution in [3.8, 4) is 0 Å². The standard InChI is InChI=1S/C9H16N2O/c1-2-3-4-9(12)11-8-5-6-10-7-8/h2-3,8,10H,4-7H2,1H3,(H,11,12)/b3-2+. The molecule has 0 spiro atoms. The van der Waals surface area contributed by atoms with Gasteiger partial charge < -0.3 is 10.6 Å². The van der Waals surface area contributed by atoms with E-state index in [9.17, 15) is 4.79 Å². The summed E-state index contributed by atoms with van der Waals surface area (Å²) in [7, 11) is 0. The number of rotatable bonds is 3. The molecule has 1 rings (SSSR count). The lowest BCUT2D eigenvalue weighted by molar-refractivity contribution is -0.120. The van der Waals surface area contributed by atoms with Gasteiger partial charge in [0.1, 0.15) is 0 Å². The highest BCUT2D eigenvalue weighted by Crippen LogP contribution is 1.97. The lowest BCUT2D eigenvalue weighted by Gasteiger charge is -2.09. The van der Waals surface area contributed by atoms with E-state index in [-0.39, 0.29) is 5.91 Å². The highest BCUT2D eigenvalue weighted by atomic mass is 16.1. The first-order valence-corrected chi connectivity index (χ1v) is 4.44. The fourth-order valence-corrected chi connectivity index (χ4v) is 1.29. The first-order chi connectivity index (χ1) is 5.83. The fourth-order valence-electron chi connectivity index (χ4n) is 1.29. The first-order valence-electron chi connectivity index (χ1n) is 4.44. The molecule has 1 aliphatic rings. The molecule has 0 aliphatic carbocycles. The number of carbonyl (C=O) groups is 1. The van der Waals surface area contributed by atoms with Gasteiger partial charge in [-0.05, 0) is 19.9 Å². The molecule has 2 N–H and O–H groups in total. The molecule has 1 fully saturated rings. The molecule has 3 nitrogen and oxygen atoms in total. The van der Waals surface area contributed by atoms with Crippen molar-refractivity contribution in [2.75, 3.05) is 13.1 Å². The van der Waals surface area contributed by atoms with E-state index in [0.717, 1.165) is 19.5 Å². The summed E-state index contributed by atoms with van der Waals surface area (Å²) in [4.78, 5) is 11.2. The van der Waals surface area contributed by atoms with E-state index in [1.807, 2.05) is 19.1 Å². The van der Waals surface area contributed by atoms with Crippen molar-refractivity contribution in [1.29, 1.82) is 0 Å². The van der Waals surface area contributed by atoms with Gasteiger partial charge in [-0.3, -0.25) is 4.79 Å². The average Bonchev–Trinajstić information content (AvgIpc) is 2.53. The second kappa shape index (κ2) is 4.93. The molecule has 0 bridgehead atoms. The molecule has 1 atom stereocenters. The zero-order valence-electron chi connectivity index (χ0n) is 7.47. The Labute approximate surface area is 73.2 Å². The Morgan fingerprint density at radius 1 is 1.75 bits per heavy atom. The van der Waals surface area contributed by atoms with E-state index in [2.05, 4.69) is 10.6 Å². The molecular weight excluding hydrogens is 152 g/mol. The number of amides is 1. The van der Waals surface area contributed by atoms with Crippen molar-refractivity contribution in [2.24, 2.45) is 0 Å². The van der Waals surface area contributed by atoms with Crippen LogP contribution in [0.3, 0.4) is 0 Å². The number of hydrogen-bond donors (Lipinski definition) is 2. The molecule has 0 aromatic carbocycles. The maximum Gasteiger partial charge on any atom is 0.224 e. The predicted octanol–water partition coefficient (Wildman–Crippen LogP) is 0.431. The Kier molecular flexibility index (Phi) is 3.80. The van der Waals surface area contributed by atoms with Gasteiger partial charge in [-0.1, -0.05) is 12.2 Å². The quantitative estimate of drug-likeness (QED) is 0.600. The lowest BCUT2D eigenvalue weighted by atomic mass is 10.2. The minimum absolute atomic E-state index is 0.127. The molecule has 3 heteroatoms. The summed E-state index contributed by atoms with van der Waals surface area (Å²) < 4.78 is 0. The molecule has 1 heterocycles. The Bertz CT molecular complexity index is 171. The van der Waals surface area contributed by atoms with Gasteiger partial charge in [0.25, 0.3) is 0 Å². The second-order valence-electron chi connectivity index (χ2n) is 3.03. The minimum Gasteiger partial charge on any atom is -0.352 e. The summed E-state index contributed by atoms with van der Waals surface area (Å²) in [5, 5.41) is 6.16. The summed E-state index contributed by atoms with van der Waals surface area (Å²) in [5.41, 5.74) is 0. The third kappa shape index (κ3) is 3.05. The number of allylic oxidation sites excluding steroid dienone is 1. The van der Waals surface area contributed by atoms with E-state index in [0.29, 0.717) is 12.5 Å². The fraction of sp³-hybridized carbons (Fsp3) is 0.667. The van der Waals surface area contributed by atoms with Crippen LogP contribution in [0, 0.1) is 0 Å². The number of hydrogen-bond acceptors (Lipinski definition) is 2. The largest absolute Gasteiger partial charge is 0.352 e. The highest BCUT2D eigenvalue weighted by Gasteiger charge is 2.15. The normalized spacial score (nSPS) is 23.2. The van der Waals surface area contributed by atoms with E-state index in [1.165, 1.54) is 0 Å². The van der Waals surface area contributed by atoms with Gasteiger partial charge in [0.15, 0.2) is 0 Å². The van der Waals surface area contributed by atoms with Crippen LogP contribution >= 0.6 is 0 Å². The van der Waals surface area contributed by atoms with E-state index in [4.69, 9.17) is 0 Å². The van der Waals surface area contributed by atoms with Crippen LogP contribution in [-0.2, 0) is 4.79 Å². The Morgan fingerprint density at radius 2 is 2.58 bits per heavy atom. The molecule has 12 heavy (non-hydrogen) atoms. The maximum absolute atomic E-state index is 11.2. The molecular formula is C9H16N2O. The number of nitrogens with one attached hydrogen (secondary N) is 2. The molecule has 1 saturated heterocycles. The van der Waals surface area contributed by atoms with Crippen LogP contribution in [0.4, 0.5) is 0 Å².